The molecule has 1 N–H and O–H groups in total. The molecule has 0 radical (unpaired) electrons. The molecule has 1 atom stereocenters. The zero-order valence-corrected chi connectivity index (χ0v) is 13.8. The standard InChI is InChI=1S/C15H11Cl2N3OS/c1-9(22-14-6-10(8-18)4-5-19-14)15(21)20-13-7-11(16)2-3-12(13)17/h2-7,9H,1H3,(H,20,21). The Morgan fingerprint density at radius 1 is 1.36 bits per heavy atom. The zero-order chi connectivity index (χ0) is 16.1. The van der Waals surface area contributed by atoms with Gasteiger partial charge in [-0.2, -0.15) is 5.26 Å². The largest absolute Gasteiger partial charge is 0.324 e. The predicted molar refractivity (Wildman–Crippen MR) is 89.4 cm³/mol. The number of hydrogen-bond acceptors (Lipinski definition) is 4. The molecule has 0 aliphatic rings. The van der Waals surface area contributed by atoms with E-state index in [1.165, 1.54) is 11.8 Å². The van der Waals surface area contributed by atoms with Crippen LogP contribution < -0.4 is 5.32 Å². The summed E-state index contributed by atoms with van der Waals surface area (Å²) in [5, 5.41) is 12.7. The number of nitrogens with one attached hydrogen (secondary N) is 1. The third-order valence-corrected chi connectivity index (χ3v) is 4.31. The fourth-order valence-electron chi connectivity index (χ4n) is 1.61. The molecule has 0 aliphatic carbocycles. The third kappa shape index (κ3) is 4.38. The SMILES string of the molecule is CC(Sc1cc(C#N)ccn1)C(=O)Nc1cc(Cl)ccc1Cl. The molecule has 0 spiro atoms. The van der Waals surface area contributed by atoms with Crippen LogP contribution in [-0.2, 0) is 4.79 Å². The molecule has 1 amide bonds. The second kappa shape index (κ2) is 7.50. The number of thioether (sulfide) groups is 1. The molecule has 1 heterocycles. The van der Waals surface area contributed by atoms with Gasteiger partial charge < -0.3 is 5.32 Å². The number of nitriles is 1. The Morgan fingerprint density at radius 2 is 2.14 bits per heavy atom. The maximum atomic E-state index is 12.2. The molecular weight excluding hydrogens is 341 g/mol. The molecule has 112 valence electrons. The maximum Gasteiger partial charge on any atom is 0.237 e. The van der Waals surface area contributed by atoms with Gasteiger partial charge in [-0.25, -0.2) is 4.98 Å². The van der Waals surface area contributed by atoms with Crippen molar-refractivity contribution in [3.63, 3.8) is 0 Å². The van der Waals surface area contributed by atoms with Crippen molar-refractivity contribution in [2.24, 2.45) is 0 Å². The summed E-state index contributed by atoms with van der Waals surface area (Å²) in [5.41, 5.74) is 0.966. The van der Waals surface area contributed by atoms with Crippen LogP contribution in [0.25, 0.3) is 0 Å². The number of anilines is 1. The lowest BCUT2D eigenvalue weighted by Gasteiger charge is -2.12. The average molecular weight is 352 g/mol. The van der Waals surface area contributed by atoms with Gasteiger partial charge in [-0.15, -0.1) is 0 Å². The molecule has 22 heavy (non-hydrogen) atoms. The quantitative estimate of drug-likeness (QED) is 0.830. The van der Waals surface area contributed by atoms with Crippen molar-refractivity contribution in [3.8, 4) is 6.07 Å². The number of rotatable bonds is 4. The summed E-state index contributed by atoms with van der Waals surface area (Å²) in [5.74, 6) is -0.224. The number of aromatic nitrogens is 1. The van der Waals surface area contributed by atoms with Gasteiger partial charge in [-0.1, -0.05) is 35.0 Å². The Kier molecular flexibility index (Phi) is 5.67. The molecule has 0 aliphatic heterocycles. The lowest BCUT2D eigenvalue weighted by atomic mass is 10.3. The summed E-state index contributed by atoms with van der Waals surface area (Å²) in [6, 6.07) is 10.1. The highest BCUT2D eigenvalue weighted by Gasteiger charge is 2.16. The molecule has 0 saturated heterocycles. The van der Waals surface area contributed by atoms with Gasteiger partial charge in [0.05, 0.1) is 32.6 Å². The lowest BCUT2D eigenvalue weighted by molar-refractivity contribution is -0.115. The van der Waals surface area contributed by atoms with Gasteiger partial charge in [0.15, 0.2) is 0 Å². The zero-order valence-electron chi connectivity index (χ0n) is 11.5. The van der Waals surface area contributed by atoms with Crippen LogP contribution in [0.4, 0.5) is 5.69 Å². The van der Waals surface area contributed by atoms with Crippen LogP contribution in [-0.4, -0.2) is 16.1 Å². The van der Waals surface area contributed by atoms with Gasteiger partial charge in [0, 0.05) is 11.2 Å². The summed E-state index contributed by atoms with van der Waals surface area (Å²) in [7, 11) is 0. The van der Waals surface area contributed by atoms with Gasteiger partial charge in [0.1, 0.15) is 0 Å². The first kappa shape index (κ1) is 16.6. The van der Waals surface area contributed by atoms with Crippen LogP contribution in [0.3, 0.4) is 0 Å². The van der Waals surface area contributed by atoms with Crippen molar-refractivity contribution >= 4 is 46.6 Å². The van der Waals surface area contributed by atoms with E-state index in [1.807, 2.05) is 6.07 Å². The van der Waals surface area contributed by atoms with E-state index in [0.717, 1.165) is 0 Å². The van der Waals surface area contributed by atoms with E-state index in [1.54, 1.807) is 43.5 Å². The van der Waals surface area contributed by atoms with Gasteiger partial charge >= 0.3 is 0 Å². The summed E-state index contributed by atoms with van der Waals surface area (Å²) in [6.45, 7) is 1.75. The third-order valence-electron chi connectivity index (χ3n) is 2.72. The van der Waals surface area contributed by atoms with E-state index in [4.69, 9.17) is 28.5 Å². The van der Waals surface area contributed by atoms with E-state index in [0.29, 0.717) is 26.3 Å². The van der Waals surface area contributed by atoms with Gasteiger partial charge in [0.25, 0.3) is 0 Å². The molecule has 0 bridgehead atoms. The Balaban J connectivity index is 2.06. The molecule has 2 rings (SSSR count). The van der Waals surface area contributed by atoms with E-state index in [2.05, 4.69) is 10.3 Å². The van der Waals surface area contributed by atoms with E-state index >= 15 is 0 Å². The van der Waals surface area contributed by atoms with Crippen molar-refractivity contribution in [2.75, 3.05) is 5.32 Å². The number of benzene rings is 1. The number of amides is 1. The van der Waals surface area contributed by atoms with Crippen LogP contribution in [0.5, 0.6) is 0 Å². The second-order valence-electron chi connectivity index (χ2n) is 4.37. The molecule has 0 fully saturated rings. The first-order chi connectivity index (χ1) is 10.5. The second-order valence-corrected chi connectivity index (χ2v) is 6.57. The lowest BCUT2D eigenvalue weighted by Crippen LogP contribution is -2.22. The minimum atomic E-state index is -0.406. The minimum absolute atomic E-state index is 0.224. The predicted octanol–water partition coefficient (Wildman–Crippen LogP) is 4.38. The summed E-state index contributed by atoms with van der Waals surface area (Å²) in [4.78, 5) is 16.3. The number of carbonyl (C=O) groups excluding carboxylic acids is 1. The van der Waals surface area contributed by atoms with Crippen LogP contribution in [0.15, 0.2) is 41.6 Å². The number of pyridine rings is 1. The Morgan fingerprint density at radius 3 is 2.86 bits per heavy atom. The van der Waals surface area contributed by atoms with Crippen LogP contribution >= 0.6 is 35.0 Å². The Labute approximate surface area is 142 Å². The number of carbonyl (C=O) groups is 1. The van der Waals surface area contributed by atoms with Crippen molar-refractivity contribution in [2.45, 2.75) is 17.2 Å². The fraction of sp³-hybridized carbons (Fsp3) is 0.133. The molecule has 4 nitrogen and oxygen atoms in total. The van der Waals surface area contributed by atoms with E-state index < -0.39 is 5.25 Å². The molecule has 2 aromatic rings. The van der Waals surface area contributed by atoms with Crippen molar-refractivity contribution < 1.29 is 4.79 Å². The maximum absolute atomic E-state index is 12.2. The van der Waals surface area contributed by atoms with Gasteiger partial charge in [-0.3, -0.25) is 4.79 Å². The summed E-state index contributed by atoms with van der Waals surface area (Å²) in [6.07, 6.45) is 1.54. The van der Waals surface area contributed by atoms with Crippen molar-refractivity contribution in [1.29, 1.82) is 5.26 Å². The first-order valence-electron chi connectivity index (χ1n) is 6.28. The minimum Gasteiger partial charge on any atom is -0.324 e. The monoisotopic (exact) mass is 351 g/mol. The smallest absolute Gasteiger partial charge is 0.237 e. The first-order valence-corrected chi connectivity index (χ1v) is 7.92. The van der Waals surface area contributed by atoms with Crippen molar-refractivity contribution in [1.82, 2.24) is 4.98 Å². The average Bonchev–Trinajstić information content (AvgIpc) is 2.51. The highest BCUT2D eigenvalue weighted by atomic mass is 35.5. The number of halogens is 2. The van der Waals surface area contributed by atoms with E-state index in [-0.39, 0.29) is 5.91 Å². The molecule has 1 unspecified atom stereocenters. The normalized spacial score (nSPS) is 11.5. The highest BCUT2D eigenvalue weighted by molar-refractivity contribution is 8.00. The Hall–Kier alpha value is -1.74. The number of nitrogens with zero attached hydrogens (tertiary/aromatic N) is 2. The van der Waals surface area contributed by atoms with Gasteiger partial charge in [-0.05, 0) is 37.3 Å². The summed E-state index contributed by atoms with van der Waals surface area (Å²) >= 11 is 13.2. The molecular formula is C15H11Cl2N3OS. The molecule has 1 aromatic heterocycles. The van der Waals surface area contributed by atoms with Crippen LogP contribution in [0.1, 0.15) is 12.5 Å². The Bertz CT molecular complexity index is 746. The highest BCUT2D eigenvalue weighted by Crippen LogP contribution is 2.27. The van der Waals surface area contributed by atoms with Crippen LogP contribution in [0.2, 0.25) is 10.0 Å². The summed E-state index contributed by atoms with van der Waals surface area (Å²) < 4.78 is 0. The van der Waals surface area contributed by atoms with Gasteiger partial charge in [0.2, 0.25) is 5.91 Å². The number of hydrogen-bond donors (Lipinski definition) is 1. The van der Waals surface area contributed by atoms with Crippen LogP contribution in [0, 0.1) is 11.3 Å². The topological polar surface area (TPSA) is 65.8 Å². The molecule has 1 aromatic carbocycles. The van der Waals surface area contributed by atoms with E-state index in [9.17, 15) is 4.79 Å². The fourth-order valence-corrected chi connectivity index (χ4v) is 2.79. The molecule has 7 heteroatoms. The molecule has 0 saturated carbocycles. The van der Waals surface area contributed by atoms with Crippen molar-refractivity contribution in [3.05, 3.63) is 52.1 Å².